The maximum absolute atomic E-state index is 13.1. The first-order valence-electron chi connectivity index (χ1n) is 10.4. The fraction of sp³-hybridized carbons (Fsp3) is 0.522. The van der Waals surface area contributed by atoms with Crippen molar-refractivity contribution < 1.29 is 14.3 Å². The second-order valence-electron chi connectivity index (χ2n) is 8.15. The van der Waals surface area contributed by atoms with Crippen LogP contribution in [0.3, 0.4) is 0 Å². The normalized spacial score (nSPS) is 14.5. The molecule has 1 aliphatic rings. The molecule has 6 heteroatoms. The first kappa shape index (κ1) is 21.1. The largest absolute Gasteiger partial charge is 0.497 e. The maximum Gasteiger partial charge on any atom is 0.244 e. The Kier molecular flexibility index (Phi) is 6.72. The van der Waals surface area contributed by atoms with E-state index in [1.807, 2.05) is 36.9 Å². The zero-order chi connectivity index (χ0) is 21.0. The lowest BCUT2D eigenvalue weighted by Crippen LogP contribution is -2.37. The summed E-state index contributed by atoms with van der Waals surface area (Å²) in [7, 11) is 1.60. The number of fused-ring (bicyclic) bond motifs is 1. The number of methoxy groups -OCH3 is 1. The molecule has 1 aliphatic carbocycles. The Morgan fingerprint density at radius 2 is 2.07 bits per heavy atom. The van der Waals surface area contributed by atoms with Gasteiger partial charge in [0.25, 0.3) is 0 Å². The van der Waals surface area contributed by atoms with E-state index < -0.39 is 0 Å². The summed E-state index contributed by atoms with van der Waals surface area (Å²) in [6.45, 7) is 8.89. The molecule has 1 saturated carbocycles. The molecule has 0 spiro atoms. The van der Waals surface area contributed by atoms with E-state index in [-0.39, 0.29) is 24.2 Å². The van der Waals surface area contributed by atoms with E-state index in [9.17, 15) is 9.59 Å². The zero-order valence-corrected chi connectivity index (χ0v) is 17.7. The van der Waals surface area contributed by atoms with Gasteiger partial charge in [-0.1, -0.05) is 32.8 Å². The minimum absolute atomic E-state index is 0.00688. The summed E-state index contributed by atoms with van der Waals surface area (Å²) >= 11 is 0. The van der Waals surface area contributed by atoms with E-state index >= 15 is 0 Å². The lowest BCUT2D eigenvalue weighted by Gasteiger charge is -2.24. The number of Topliss-reactive ketones (excluding diaryl/α,β-unsaturated/α-hetero) is 1. The molecule has 0 saturated heterocycles. The molecule has 0 unspecified atom stereocenters. The molecule has 2 aromatic rings. The van der Waals surface area contributed by atoms with Crippen LogP contribution < -0.4 is 4.74 Å². The summed E-state index contributed by atoms with van der Waals surface area (Å²) in [5.74, 6) is 1.03. The molecule has 1 aromatic heterocycles. The number of hydrogen-bond acceptors (Lipinski definition) is 4. The fourth-order valence-electron chi connectivity index (χ4n) is 4.02. The van der Waals surface area contributed by atoms with Gasteiger partial charge in [-0.15, -0.1) is 6.58 Å². The van der Waals surface area contributed by atoms with Crippen molar-refractivity contribution in [2.24, 2.45) is 11.8 Å². The number of benzene rings is 1. The predicted molar refractivity (Wildman–Crippen MR) is 114 cm³/mol. The van der Waals surface area contributed by atoms with Crippen LogP contribution in [0.15, 0.2) is 30.9 Å². The van der Waals surface area contributed by atoms with Gasteiger partial charge in [0, 0.05) is 30.5 Å². The first-order valence-corrected chi connectivity index (χ1v) is 10.4. The molecule has 0 radical (unpaired) electrons. The van der Waals surface area contributed by atoms with Crippen LogP contribution >= 0.6 is 0 Å². The predicted octanol–water partition coefficient (Wildman–Crippen LogP) is 4.09. The van der Waals surface area contributed by atoms with Gasteiger partial charge in [0.05, 0.1) is 12.6 Å². The minimum atomic E-state index is -0.168. The Hall–Kier alpha value is -2.63. The standard InChI is InChI=1S/C23H31N3O3/c1-5-12-25(14-17-8-6-7-9-17)21(27)15-26-20-13-18(29-4)10-11-19(20)22(24-26)23(28)16(2)3/h5,10-11,13,16-17H,1,6-9,12,14-15H2,2-4H3. The number of amides is 1. The molecule has 1 amide bonds. The number of ether oxygens (including phenoxy) is 1. The van der Waals surface area contributed by atoms with Crippen LogP contribution in [0.5, 0.6) is 5.75 Å². The summed E-state index contributed by atoms with van der Waals surface area (Å²) in [5.41, 5.74) is 1.15. The average Bonchev–Trinajstić information content (AvgIpc) is 3.34. The summed E-state index contributed by atoms with van der Waals surface area (Å²) in [5, 5.41) is 5.29. The maximum atomic E-state index is 13.1. The highest BCUT2D eigenvalue weighted by molar-refractivity contribution is 6.07. The quantitative estimate of drug-likeness (QED) is 0.472. The molecule has 0 atom stereocenters. The van der Waals surface area contributed by atoms with Crippen molar-refractivity contribution in [1.29, 1.82) is 0 Å². The minimum Gasteiger partial charge on any atom is -0.497 e. The first-order chi connectivity index (χ1) is 13.9. The third kappa shape index (κ3) is 4.69. The van der Waals surface area contributed by atoms with Crippen molar-refractivity contribution in [1.82, 2.24) is 14.7 Å². The van der Waals surface area contributed by atoms with Crippen LogP contribution in [0.1, 0.15) is 50.0 Å². The molecular formula is C23H31N3O3. The van der Waals surface area contributed by atoms with Gasteiger partial charge >= 0.3 is 0 Å². The number of ketones is 1. The van der Waals surface area contributed by atoms with Crippen LogP contribution in [0.25, 0.3) is 10.9 Å². The number of aromatic nitrogens is 2. The van der Waals surface area contributed by atoms with Crippen LogP contribution in [0.2, 0.25) is 0 Å². The topological polar surface area (TPSA) is 64.4 Å². The Labute approximate surface area is 172 Å². The molecule has 6 nitrogen and oxygen atoms in total. The van der Waals surface area contributed by atoms with Gasteiger partial charge < -0.3 is 9.64 Å². The van der Waals surface area contributed by atoms with E-state index in [4.69, 9.17) is 4.74 Å². The van der Waals surface area contributed by atoms with Gasteiger partial charge in [-0.25, -0.2) is 0 Å². The summed E-state index contributed by atoms with van der Waals surface area (Å²) in [6.07, 6.45) is 6.60. The van der Waals surface area contributed by atoms with E-state index in [1.54, 1.807) is 17.9 Å². The zero-order valence-electron chi connectivity index (χ0n) is 17.7. The molecule has 0 N–H and O–H groups in total. The monoisotopic (exact) mass is 397 g/mol. The highest BCUT2D eigenvalue weighted by Crippen LogP contribution is 2.27. The van der Waals surface area contributed by atoms with Gasteiger partial charge in [0.2, 0.25) is 5.91 Å². The van der Waals surface area contributed by atoms with Gasteiger partial charge in [-0.2, -0.15) is 5.10 Å². The smallest absolute Gasteiger partial charge is 0.244 e. The highest BCUT2D eigenvalue weighted by Gasteiger charge is 2.24. The van der Waals surface area contributed by atoms with Gasteiger partial charge in [0.15, 0.2) is 5.78 Å². The second kappa shape index (κ2) is 9.25. The molecule has 0 aliphatic heterocycles. The Morgan fingerprint density at radius 1 is 1.34 bits per heavy atom. The number of rotatable bonds is 9. The Balaban J connectivity index is 1.91. The molecule has 1 fully saturated rings. The molecule has 1 heterocycles. The van der Waals surface area contributed by atoms with E-state index in [0.29, 0.717) is 23.9 Å². The number of carbonyl (C=O) groups excluding carboxylic acids is 2. The van der Waals surface area contributed by atoms with Crippen molar-refractivity contribution in [3.05, 3.63) is 36.5 Å². The van der Waals surface area contributed by atoms with Crippen LogP contribution in [-0.4, -0.2) is 46.6 Å². The van der Waals surface area contributed by atoms with E-state index in [1.165, 1.54) is 25.7 Å². The summed E-state index contributed by atoms with van der Waals surface area (Å²) < 4.78 is 6.98. The second-order valence-corrected chi connectivity index (χ2v) is 8.15. The third-order valence-electron chi connectivity index (χ3n) is 5.66. The van der Waals surface area contributed by atoms with Crippen molar-refractivity contribution in [3.63, 3.8) is 0 Å². The SMILES string of the molecule is C=CCN(CC1CCCC1)C(=O)Cn1nc(C(=O)C(C)C)c2ccc(OC)cc21. The molecule has 1 aromatic carbocycles. The van der Waals surface area contributed by atoms with Crippen molar-refractivity contribution in [2.45, 2.75) is 46.1 Å². The number of hydrogen-bond donors (Lipinski definition) is 0. The number of carbonyl (C=O) groups is 2. The fourth-order valence-corrected chi connectivity index (χ4v) is 4.02. The number of nitrogens with zero attached hydrogens (tertiary/aromatic N) is 3. The van der Waals surface area contributed by atoms with Crippen LogP contribution in [0.4, 0.5) is 0 Å². The molecular weight excluding hydrogens is 366 g/mol. The Morgan fingerprint density at radius 3 is 2.69 bits per heavy atom. The van der Waals surface area contributed by atoms with Gasteiger partial charge in [-0.3, -0.25) is 14.3 Å². The van der Waals surface area contributed by atoms with E-state index in [0.717, 1.165) is 17.4 Å². The third-order valence-corrected chi connectivity index (χ3v) is 5.66. The summed E-state index contributed by atoms with van der Waals surface area (Å²) in [4.78, 5) is 27.6. The Bertz CT molecular complexity index is 894. The molecule has 3 rings (SSSR count). The lowest BCUT2D eigenvalue weighted by atomic mass is 10.0. The highest BCUT2D eigenvalue weighted by atomic mass is 16.5. The lowest BCUT2D eigenvalue weighted by molar-refractivity contribution is -0.132. The molecule has 156 valence electrons. The molecule has 29 heavy (non-hydrogen) atoms. The van der Waals surface area contributed by atoms with Crippen molar-refractivity contribution in [3.8, 4) is 5.75 Å². The van der Waals surface area contributed by atoms with Crippen molar-refractivity contribution >= 4 is 22.6 Å². The van der Waals surface area contributed by atoms with Gasteiger partial charge in [-0.05, 0) is 30.9 Å². The van der Waals surface area contributed by atoms with Crippen molar-refractivity contribution in [2.75, 3.05) is 20.2 Å². The molecule has 0 bridgehead atoms. The van der Waals surface area contributed by atoms with Crippen LogP contribution in [0, 0.1) is 11.8 Å². The summed E-state index contributed by atoms with van der Waals surface area (Å²) in [6, 6.07) is 5.50. The van der Waals surface area contributed by atoms with Gasteiger partial charge in [0.1, 0.15) is 18.0 Å². The van der Waals surface area contributed by atoms with Crippen LogP contribution in [-0.2, 0) is 11.3 Å². The van der Waals surface area contributed by atoms with E-state index in [2.05, 4.69) is 11.7 Å². The average molecular weight is 398 g/mol.